The zero-order valence-corrected chi connectivity index (χ0v) is 16.0. The lowest BCUT2D eigenvalue weighted by atomic mass is 10.1. The molecule has 1 aliphatic rings. The van der Waals surface area contributed by atoms with E-state index < -0.39 is 22.1 Å². The van der Waals surface area contributed by atoms with Crippen molar-refractivity contribution in [2.75, 3.05) is 39.6 Å². The molecule has 0 atom stereocenters. The average molecular weight is 401 g/mol. The molecular formula is C16H19NO9S. The molecule has 1 aromatic rings. The summed E-state index contributed by atoms with van der Waals surface area (Å²) < 4.78 is 52.4. The van der Waals surface area contributed by atoms with Crippen molar-refractivity contribution in [3.05, 3.63) is 29.0 Å². The smallest absolute Gasteiger partial charge is 0.355 e. The Bertz CT molecular complexity index is 905. The molecule has 0 radical (unpaired) electrons. The molecule has 148 valence electrons. The minimum atomic E-state index is -4.48. The highest BCUT2D eigenvalue weighted by atomic mass is 32.2. The molecule has 1 aromatic carbocycles. The summed E-state index contributed by atoms with van der Waals surface area (Å²) in [5.74, 6) is -1.55. The lowest BCUT2D eigenvalue weighted by Gasteiger charge is -2.32. The Morgan fingerprint density at radius 2 is 1.78 bits per heavy atom. The molecule has 0 saturated heterocycles. The minimum absolute atomic E-state index is 0.0318. The summed E-state index contributed by atoms with van der Waals surface area (Å²) >= 11 is 0. The van der Waals surface area contributed by atoms with E-state index in [0.717, 1.165) is 20.3 Å². The number of carbonyl (C=O) groups excluding carboxylic acids is 2. The maximum atomic E-state index is 12.3. The predicted octanol–water partition coefficient (Wildman–Crippen LogP) is 0.645. The van der Waals surface area contributed by atoms with Crippen LogP contribution in [0.5, 0.6) is 5.75 Å². The number of aryl methyl sites for hydroxylation is 1. The molecule has 0 aromatic heterocycles. The Kier molecular flexibility index (Phi) is 6.08. The van der Waals surface area contributed by atoms with E-state index in [2.05, 4.69) is 4.74 Å². The van der Waals surface area contributed by atoms with Gasteiger partial charge in [0.1, 0.15) is 23.1 Å². The lowest BCUT2D eigenvalue weighted by Crippen LogP contribution is -2.39. The fourth-order valence-electron chi connectivity index (χ4n) is 2.64. The van der Waals surface area contributed by atoms with E-state index in [9.17, 15) is 22.6 Å². The zero-order valence-electron chi connectivity index (χ0n) is 15.1. The number of methoxy groups -OCH3 is 3. The van der Waals surface area contributed by atoms with Crippen LogP contribution in [-0.2, 0) is 33.9 Å². The highest BCUT2D eigenvalue weighted by Gasteiger charge is 2.34. The number of nitrogens with zero attached hydrogens (tertiary/aromatic N) is 1. The van der Waals surface area contributed by atoms with Gasteiger partial charge in [0.2, 0.25) is 0 Å². The number of rotatable bonds is 5. The summed E-state index contributed by atoms with van der Waals surface area (Å²) in [6.07, 6.45) is 0. The van der Waals surface area contributed by atoms with E-state index in [1.165, 1.54) is 25.0 Å². The van der Waals surface area contributed by atoms with Crippen LogP contribution >= 0.6 is 0 Å². The highest BCUT2D eigenvalue weighted by Crippen LogP contribution is 2.37. The summed E-state index contributed by atoms with van der Waals surface area (Å²) in [5.41, 5.74) is 0.258. The molecule has 11 heteroatoms. The molecule has 0 unspecified atom stereocenters. The van der Waals surface area contributed by atoms with E-state index in [1.54, 1.807) is 0 Å². The molecule has 2 rings (SSSR count). The van der Waals surface area contributed by atoms with E-state index in [0.29, 0.717) is 0 Å². The van der Waals surface area contributed by atoms with Crippen LogP contribution in [0.2, 0.25) is 0 Å². The number of ether oxygens (including phenoxy) is 4. The molecular weight excluding hydrogens is 382 g/mol. The third-order valence-corrected chi connectivity index (χ3v) is 4.87. The van der Waals surface area contributed by atoms with Crippen molar-refractivity contribution in [3.63, 3.8) is 0 Å². The lowest BCUT2D eigenvalue weighted by molar-refractivity contribution is -0.140. The van der Waals surface area contributed by atoms with Gasteiger partial charge in [0.25, 0.3) is 10.1 Å². The second-order valence-electron chi connectivity index (χ2n) is 5.48. The average Bonchev–Trinajstić information content (AvgIpc) is 2.64. The summed E-state index contributed by atoms with van der Waals surface area (Å²) in [4.78, 5) is 25.3. The highest BCUT2D eigenvalue weighted by molar-refractivity contribution is 7.85. The Morgan fingerprint density at radius 3 is 2.30 bits per heavy atom. The van der Waals surface area contributed by atoms with Crippen LogP contribution in [0.15, 0.2) is 28.3 Å². The van der Waals surface area contributed by atoms with Crippen molar-refractivity contribution in [1.82, 2.24) is 0 Å². The predicted molar refractivity (Wildman–Crippen MR) is 91.9 cm³/mol. The number of esters is 2. The molecule has 1 N–H and O–H groups in total. The van der Waals surface area contributed by atoms with Crippen LogP contribution < -0.4 is 9.64 Å². The largest absolute Gasteiger partial charge is 0.495 e. The van der Waals surface area contributed by atoms with Gasteiger partial charge in [-0.15, -0.1) is 0 Å². The fourth-order valence-corrected chi connectivity index (χ4v) is 3.36. The molecule has 0 spiro atoms. The van der Waals surface area contributed by atoms with Crippen LogP contribution in [0.1, 0.15) is 5.56 Å². The van der Waals surface area contributed by atoms with Gasteiger partial charge in [-0.2, -0.15) is 8.42 Å². The number of hydrogen-bond donors (Lipinski definition) is 1. The van der Waals surface area contributed by atoms with Crippen molar-refractivity contribution in [3.8, 4) is 5.75 Å². The van der Waals surface area contributed by atoms with Crippen molar-refractivity contribution < 1.29 is 41.5 Å². The Balaban J connectivity index is 2.73. The molecule has 0 aliphatic carbocycles. The van der Waals surface area contributed by atoms with Crippen molar-refractivity contribution in [2.45, 2.75) is 11.8 Å². The second-order valence-corrected chi connectivity index (χ2v) is 6.87. The summed E-state index contributed by atoms with van der Waals surface area (Å²) in [6, 6.07) is 2.50. The van der Waals surface area contributed by atoms with Crippen LogP contribution in [0.25, 0.3) is 0 Å². The normalized spacial score (nSPS) is 14.8. The van der Waals surface area contributed by atoms with Gasteiger partial charge in [0.05, 0.1) is 39.2 Å². The molecule has 10 nitrogen and oxygen atoms in total. The SMILES string of the molecule is COC(=O)C1=C(C(=O)OC)N(c2cc(C)c(S(=O)(=O)O)cc2OC)COC1. The maximum absolute atomic E-state index is 12.3. The molecule has 1 aliphatic heterocycles. The molecule has 0 saturated carbocycles. The molecule has 0 bridgehead atoms. The Labute approximate surface area is 156 Å². The van der Waals surface area contributed by atoms with Gasteiger partial charge in [0, 0.05) is 6.07 Å². The first-order valence-corrected chi connectivity index (χ1v) is 9.00. The standard InChI is InChI=1S/C16H19NO9S/c1-9-5-11(12(23-2)6-13(9)27(20,21)22)17-8-26-7-10(15(18)24-3)14(17)16(19)25-4/h5-6H,7-8H2,1-4H3,(H,20,21,22). The first-order chi connectivity index (χ1) is 12.6. The van der Waals surface area contributed by atoms with Crippen molar-refractivity contribution >= 4 is 27.7 Å². The van der Waals surface area contributed by atoms with Gasteiger partial charge in [-0.25, -0.2) is 9.59 Å². The number of anilines is 1. The fraction of sp³-hybridized carbons (Fsp3) is 0.375. The van der Waals surface area contributed by atoms with Crippen LogP contribution in [-0.4, -0.2) is 59.6 Å². The van der Waals surface area contributed by atoms with Gasteiger partial charge >= 0.3 is 11.9 Å². The van der Waals surface area contributed by atoms with Gasteiger partial charge in [-0.3, -0.25) is 4.55 Å². The number of hydrogen-bond acceptors (Lipinski definition) is 9. The third-order valence-electron chi connectivity index (χ3n) is 3.88. The molecule has 27 heavy (non-hydrogen) atoms. The third kappa shape index (κ3) is 4.04. The van der Waals surface area contributed by atoms with E-state index in [4.69, 9.17) is 14.2 Å². The van der Waals surface area contributed by atoms with Crippen molar-refractivity contribution in [2.24, 2.45) is 0 Å². The van der Waals surface area contributed by atoms with Crippen LogP contribution in [0.4, 0.5) is 5.69 Å². The number of carbonyl (C=O) groups is 2. The van der Waals surface area contributed by atoms with E-state index in [1.807, 2.05) is 0 Å². The van der Waals surface area contributed by atoms with E-state index >= 15 is 0 Å². The quantitative estimate of drug-likeness (QED) is 0.554. The van der Waals surface area contributed by atoms with Crippen LogP contribution in [0, 0.1) is 6.92 Å². The van der Waals surface area contributed by atoms with Gasteiger partial charge < -0.3 is 23.8 Å². The maximum Gasteiger partial charge on any atom is 0.355 e. The first-order valence-electron chi connectivity index (χ1n) is 7.56. The summed E-state index contributed by atoms with van der Waals surface area (Å²) in [6.45, 7) is 1.16. The van der Waals surface area contributed by atoms with Gasteiger partial charge in [-0.1, -0.05) is 0 Å². The molecule has 0 fully saturated rings. The molecule has 1 heterocycles. The zero-order chi connectivity index (χ0) is 20.4. The monoisotopic (exact) mass is 401 g/mol. The van der Waals surface area contributed by atoms with Gasteiger partial charge in [-0.05, 0) is 18.6 Å². The minimum Gasteiger partial charge on any atom is -0.495 e. The Hall–Kier alpha value is -2.63. The van der Waals surface area contributed by atoms with Crippen LogP contribution in [0.3, 0.4) is 0 Å². The first kappa shape index (κ1) is 20.7. The topological polar surface area (TPSA) is 129 Å². The molecule has 0 amide bonds. The van der Waals surface area contributed by atoms with Crippen molar-refractivity contribution in [1.29, 1.82) is 0 Å². The van der Waals surface area contributed by atoms with E-state index in [-0.39, 0.29) is 46.5 Å². The Morgan fingerprint density at radius 1 is 1.15 bits per heavy atom. The second kappa shape index (κ2) is 7.94. The summed E-state index contributed by atoms with van der Waals surface area (Å²) in [7, 11) is -0.881. The summed E-state index contributed by atoms with van der Waals surface area (Å²) in [5, 5.41) is 0. The van der Waals surface area contributed by atoms with Gasteiger partial charge in [0.15, 0.2) is 0 Å². The number of benzene rings is 1.